The molecule has 0 aromatic heterocycles. The molecule has 1 saturated heterocycles. The van der Waals surface area contributed by atoms with Crippen molar-refractivity contribution in [2.45, 2.75) is 13.5 Å². The summed E-state index contributed by atoms with van der Waals surface area (Å²) < 4.78 is 12.3. The molecule has 0 radical (unpaired) electrons. The van der Waals surface area contributed by atoms with Crippen LogP contribution in [0.3, 0.4) is 0 Å². The van der Waals surface area contributed by atoms with Gasteiger partial charge in [-0.15, -0.1) is 0 Å². The van der Waals surface area contributed by atoms with Crippen LogP contribution in [0.5, 0.6) is 5.75 Å². The fourth-order valence-electron chi connectivity index (χ4n) is 2.65. The van der Waals surface area contributed by atoms with E-state index in [2.05, 4.69) is 45.1 Å². The zero-order valence-corrected chi connectivity index (χ0v) is 15.3. The summed E-state index contributed by atoms with van der Waals surface area (Å²) in [5, 5.41) is 0. The lowest BCUT2D eigenvalue weighted by atomic mass is 10.2. The second kappa shape index (κ2) is 7.73. The Hall–Kier alpha value is -1.98. The largest absolute Gasteiger partial charge is 0.492 e. The number of aryl methyl sites for hydroxylation is 1. The van der Waals surface area contributed by atoms with E-state index in [4.69, 9.17) is 15.2 Å². The fraction of sp³-hybridized carbons (Fsp3) is 0.263. The van der Waals surface area contributed by atoms with E-state index in [0.717, 1.165) is 35.4 Å². The van der Waals surface area contributed by atoms with E-state index in [9.17, 15) is 0 Å². The van der Waals surface area contributed by atoms with E-state index in [1.54, 1.807) is 6.26 Å². The van der Waals surface area contributed by atoms with Crippen molar-refractivity contribution in [2.75, 3.05) is 25.4 Å². The number of hydrogen-bond acceptors (Lipinski definition) is 4. The average Bonchev–Trinajstić information content (AvgIpc) is 2.58. The molecule has 0 atom stereocenters. The maximum atomic E-state index is 6.04. The van der Waals surface area contributed by atoms with Crippen molar-refractivity contribution in [3.8, 4) is 5.75 Å². The van der Waals surface area contributed by atoms with E-state index in [0.29, 0.717) is 18.0 Å². The lowest BCUT2D eigenvalue weighted by Gasteiger charge is -2.28. The number of anilines is 1. The minimum absolute atomic E-state index is 0.592. The molecular weight excluding hydrogens is 368 g/mol. The second-order valence-corrected chi connectivity index (χ2v) is 6.76. The number of ether oxygens (including phenoxy) is 2. The molecule has 1 fully saturated rings. The summed E-state index contributed by atoms with van der Waals surface area (Å²) in [7, 11) is 0. The number of nitrogens with zero attached hydrogens (tertiary/aromatic N) is 1. The Morgan fingerprint density at radius 2 is 2.08 bits per heavy atom. The Kier molecular flexibility index (Phi) is 5.43. The van der Waals surface area contributed by atoms with Gasteiger partial charge >= 0.3 is 0 Å². The summed E-state index contributed by atoms with van der Waals surface area (Å²) in [6.07, 6.45) is 1.66. The summed E-state index contributed by atoms with van der Waals surface area (Å²) in [6.45, 7) is 5.20. The number of nitrogen functional groups attached to an aromatic ring is 1. The predicted octanol–water partition coefficient (Wildman–Crippen LogP) is 4.09. The normalized spacial score (nSPS) is 16.8. The smallest absolute Gasteiger partial charge is 0.151 e. The lowest BCUT2D eigenvalue weighted by Crippen LogP contribution is -2.34. The molecule has 0 unspecified atom stereocenters. The highest BCUT2D eigenvalue weighted by atomic mass is 79.9. The molecule has 1 aliphatic heterocycles. The fourth-order valence-corrected chi connectivity index (χ4v) is 3.20. The van der Waals surface area contributed by atoms with Crippen molar-refractivity contribution in [1.29, 1.82) is 0 Å². The number of benzene rings is 2. The van der Waals surface area contributed by atoms with Gasteiger partial charge in [0.05, 0.1) is 12.2 Å². The van der Waals surface area contributed by atoms with Crippen LogP contribution in [0.4, 0.5) is 5.69 Å². The van der Waals surface area contributed by atoms with Crippen LogP contribution in [0.2, 0.25) is 0 Å². The average molecular weight is 389 g/mol. The molecule has 0 aliphatic carbocycles. The van der Waals surface area contributed by atoms with Gasteiger partial charge in [-0.3, -0.25) is 4.90 Å². The van der Waals surface area contributed by atoms with Crippen LogP contribution in [-0.2, 0) is 11.3 Å². The molecule has 0 spiro atoms. The van der Waals surface area contributed by atoms with Crippen molar-refractivity contribution in [1.82, 2.24) is 4.90 Å². The first-order valence-electron chi connectivity index (χ1n) is 7.92. The van der Waals surface area contributed by atoms with Crippen LogP contribution in [0.1, 0.15) is 11.1 Å². The first-order chi connectivity index (χ1) is 11.6. The molecule has 3 rings (SSSR count). The summed E-state index contributed by atoms with van der Waals surface area (Å²) >= 11 is 3.44. The van der Waals surface area contributed by atoms with Crippen LogP contribution in [-0.4, -0.2) is 24.6 Å². The molecular formula is C19H21BrN2O2. The molecule has 126 valence electrons. The van der Waals surface area contributed by atoms with E-state index < -0.39 is 0 Å². The third-order valence-electron chi connectivity index (χ3n) is 3.88. The molecule has 1 heterocycles. The minimum atomic E-state index is 0.592. The maximum absolute atomic E-state index is 6.04. The second-order valence-electron chi connectivity index (χ2n) is 5.91. The first kappa shape index (κ1) is 16.9. The van der Waals surface area contributed by atoms with Crippen LogP contribution in [0.15, 0.2) is 59.0 Å². The van der Waals surface area contributed by atoms with Gasteiger partial charge in [-0.25, -0.2) is 0 Å². The van der Waals surface area contributed by atoms with Crippen molar-refractivity contribution in [3.05, 3.63) is 70.1 Å². The zero-order chi connectivity index (χ0) is 16.9. The molecule has 1 aliphatic rings. The van der Waals surface area contributed by atoms with Gasteiger partial charge in [-0.1, -0.05) is 30.3 Å². The topological polar surface area (TPSA) is 47.7 Å². The molecule has 4 nitrogen and oxygen atoms in total. The van der Waals surface area contributed by atoms with Gasteiger partial charge in [0.15, 0.2) is 5.75 Å². The summed E-state index contributed by atoms with van der Waals surface area (Å²) in [5.41, 5.74) is 9.02. The Balaban J connectivity index is 1.65. The maximum Gasteiger partial charge on any atom is 0.151 e. The van der Waals surface area contributed by atoms with Gasteiger partial charge in [-0.05, 0) is 46.1 Å². The van der Waals surface area contributed by atoms with Gasteiger partial charge in [-0.2, -0.15) is 0 Å². The van der Waals surface area contributed by atoms with Crippen molar-refractivity contribution in [2.24, 2.45) is 0 Å². The zero-order valence-electron chi connectivity index (χ0n) is 13.7. The number of morpholine rings is 1. The first-order valence-corrected chi connectivity index (χ1v) is 8.71. The van der Waals surface area contributed by atoms with Gasteiger partial charge in [0.25, 0.3) is 0 Å². The van der Waals surface area contributed by atoms with Crippen molar-refractivity contribution >= 4 is 21.6 Å². The SMILES string of the molecule is Cc1cc(Br)c(N)c(OC=C2CN(Cc3ccccc3)CCO2)c1. The molecule has 0 bridgehead atoms. The predicted molar refractivity (Wildman–Crippen MR) is 99.7 cm³/mol. The van der Waals surface area contributed by atoms with Gasteiger partial charge in [0.2, 0.25) is 0 Å². The Bertz CT molecular complexity index is 732. The highest BCUT2D eigenvalue weighted by molar-refractivity contribution is 9.10. The highest BCUT2D eigenvalue weighted by Crippen LogP contribution is 2.31. The van der Waals surface area contributed by atoms with E-state index in [-0.39, 0.29) is 0 Å². The summed E-state index contributed by atoms with van der Waals surface area (Å²) in [5.74, 6) is 1.45. The molecule has 2 aromatic rings. The van der Waals surface area contributed by atoms with Crippen molar-refractivity contribution in [3.63, 3.8) is 0 Å². The molecule has 24 heavy (non-hydrogen) atoms. The summed E-state index contributed by atoms with van der Waals surface area (Å²) in [6, 6.07) is 14.3. The van der Waals surface area contributed by atoms with Gasteiger partial charge in [0.1, 0.15) is 18.6 Å². The number of hydrogen-bond donors (Lipinski definition) is 1. The number of halogens is 1. The van der Waals surface area contributed by atoms with Gasteiger partial charge < -0.3 is 15.2 Å². The molecule has 2 aromatic carbocycles. The van der Waals surface area contributed by atoms with Crippen LogP contribution in [0, 0.1) is 6.92 Å². The quantitative estimate of drug-likeness (QED) is 0.632. The lowest BCUT2D eigenvalue weighted by molar-refractivity contribution is 0.0843. The highest BCUT2D eigenvalue weighted by Gasteiger charge is 2.16. The third-order valence-corrected chi connectivity index (χ3v) is 4.53. The monoisotopic (exact) mass is 388 g/mol. The van der Waals surface area contributed by atoms with Gasteiger partial charge in [0, 0.05) is 17.6 Å². The number of rotatable bonds is 4. The van der Waals surface area contributed by atoms with Crippen LogP contribution < -0.4 is 10.5 Å². The molecule has 0 saturated carbocycles. The Morgan fingerprint density at radius 3 is 2.88 bits per heavy atom. The standard InChI is InChI=1S/C19H21BrN2O2/c1-14-9-17(20)19(21)18(10-14)24-13-16-12-22(7-8-23-16)11-15-5-3-2-4-6-15/h2-6,9-10,13H,7-8,11-12,21H2,1H3. The third kappa shape index (κ3) is 4.30. The summed E-state index contributed by atoms with van der Waals surface area (Å²) in [4.78, 5) is 2.34. The Morgan fingerprint density at radius 1 is 1.29 bits per heavy atom. The van der Waals surface area contributed by atoms with Crippen LogP contribution in [0.25, 0.3) is 0 Å². The minimum Gasteiger partial charge on any atom is -0.492 e. The van der Waals surface area contributed by atoms with Crippen LogP contribution >= 0.6 is 15.9 Å². The van der Waals surface area contributed by atoms with E-state index in [1.165, 1.54) is 5.56 Å². The van der Waals surface area contributed by atoms with E-state index in [1.807, 2.05) is 25.1 Å². The number of nitrogens with two attached hydrogens (primary N) is 1. The molecule has 2 N–H and O–H groups in total. The molecule has 5 heteroatoms. The molecule has 0 amide bonds. The van der Waals surface area contributed by atoms with Crippen molar-refractivity contribution < 1.29 is 9.47 Å². The Labute approximate surface area is 151 Å². The van der Waals surface area contributed by atoms with E-state index >= 15 is 0 Å².